The van der Waals surface area contributed by atoms with Crippen molar-refractivity contribution in [3.63, 3.8) is 0 Å². The van der Waals surface area contributed by atoms with Crippen LogP contribution in [0.3, 0.4) is 0 Å². The predicted octanol–water partition coefficient (Wildman–Crippen LogP) is 3.23. The van der Waals surface area contributed by atoms with Crippen LogP contribution in [0.1, 0.15) is 42.7 Å². The lowest BCUT2D eigenvalue weighted by atomic mass is 9.85. The van der Waals surface area contributed by atoms with Crippen LogP contribution in [0.4, 0.5) is 0 Å². The Balaban J connectivity index is 2.42. The Morgan fingerprint density at radius 2 is 1.94 bits per heavy atom. The molecule has 0 spiro atoms. The smallest absolute Gasteiger partial charge is 0.341 e. The summed E-state index contributed by atoms with van der Waals surface area (Å²) in [5.41, 5.74) is 2.45. The van der Waals surface area contributed by atoms with E-state index in [-0.39, 0.29) is 11.9 Å². The van der Waals surface area contributed by atoms with Crippen LogP contribution in [0.2, 0.25) is 0 Å². The molecule has 0 amide bonds. The minimum Gasteiger partial charge on any atom is -0.455 e. The van der Waals surface area contributed by atoms with Crippen LogP contribution < -0.4 is 0 Å². The van der Waals surface area contributed by atoms with Gasteiger partial charge in [-0.15, -0.1) is 0 Å². The van der Waals surface area contributed by atoms with Crippen molar-refractivity contribution in [1.82, 2.24) is 4.57 Å². The normalized spacial score (nSPS) is 21.8. The molecular weight excluding hydrogens is 226 g/mol. The van der Waals surface area contributed by atoms with E-state index in [4.69, 9.17) is 4.74 Å². The minimum absolute atomic E-state index is 0.183. The quantitative estimate of drug-likeness (QED) is 0.665. The molecule has 0 aliphatic carbocycles. The highest BCUT2D eigenvalue weighted by molar-refractivity contribution is 6.07. The number of esters is 1. The third kappa shape index (κ3) is 1.27. The number of carbonyl (C=O) groups excluding carboxylic acids is 1. The summed E-state index contributed by atoms with van der Waals surface area (Å²) in [5, 5.41) is 0.988. The summed E-state index contributed by atoms with van der Waals surface area (Å²) in [6.07, 6.45) is 0. The molecule has 1 atom stereocenters. The molecule has 1 aromatic carbocycles. The molecule has 1 unspecified atom stereocenters. The lowest BCUT2D eigenvalue weighted by Gasteiger charge is -2.36. The Morgan fingerprint density at radius 1 is 1.28 bits per heavy atom. The number of hydrogen-bond donors (Lipinski definition) is 0. The fourth-order valence-electron chi connectivity index (χ4n) is 2.84. The maximum absolute atomic E-state index is 12.2. The van der Waals surface area contributed by atoms with Gasteiger partial charge in [0, 0.05) is 29.6 Å². The largest absolute Gasteiger partial charge is 0.455 e. The van der Waals surface area contributed by atoms with Crippen molar-refractivity contribution in [3.8, 4) is 0 Å². The lowest BCUT2D eigenvalue weighted by Crippen LogP contribution is -2.39. The summed E-state index contributed by atoms with van der Waals surface area (Å²) < 4.78 is 7.70. The van der Waals surface area contributed by atoms with E-state index in [9.17, 15) is 4.79 Å². The van der Waals surface area contributed by atoms with Crippen molar-refractivity contribution in [2.75, 3.05) is 0 Å². The van der Waals surface area contributed by atoms with E-state index in [1.165, 1.54) is 0 Å². The molecule has 3 nitrogen and oxygen atoms in total. The molecule has 3 heteroatoms. The van der Waals surface area contributed by atoms with Crippen LogP contribution in [0.15, 0.2) is 24.3 Å². The first-order valence-electron chi connectivity index (χ1n) is 6.24. The molecule has 0 radical (unpaired) electrons. The van der Waals surface area contributed by atoms with Crippen LogP contribution >= 0.6 is 0 Å². The highest BCUT2D eigenvalue weighted by Crippen LogP contribution is 2.42. The summed E-state index contributed by atoms with van der Waals surface area (Å²) in [5.74, 6) is -0.0208. The van der Waals surface area contributed by atoms with Gasteiger partial charge in [0.05, 0.1) is 5.56 Å². The van der Waals surface area contributed by atoms with Crippen molar-refractivity contribution in [2.45, 2.75) is 32.3 Å². The number of aromatic nitrogens is 1. The number of carbonyl (C=O) groups is 1. The zero-order valence-corrected chi connectivity index (χ0v) is 11.2. The zero-order chi connectivity index (χ0) is 13.1. The van der Waals surface area contributed by atoms with E-state index in [1.807, 2.05) is 45.2 Å². The Kier molecular flexibility index (Phi) is 2.12. The summed E-state index contributed by atoms with van der Waals surface area (Å²) in [4.78, 5) is 12.2. The second-order valence-electron chi connectivity index (χ2n) is 5.55. The minimum atomic E-state index is -0.452. The molecule has 0 saturated carbocycles. The Bertz CT molecular complexity index is 652. The van der Waals surface area contributed by atoms with Gasteiger partial charge in [-0.1, -0.05) is 25.1 Å². The van der Waals surface area contributed by atoms with E-state index in [0.717, 1.165) is 22.2 Å². The van der Waals surface area contributed by atoms with Gasteiger partial charge in [0.15, 0.2) is 0 Å². The Hall–Kier alpha value is -1.77. The van der Waals surface area contributed by atoms with E-state index < -0.39 is 5.60 Å². The second kappa shape index (κ2) is 3.37. The van der Waals surface area contributed by atoms with Gasteiger partial charge in [-0.2, -0.15) is 0 Å². The molecule has 3 rings (SSSR count). The summed E-state index contributed by atoms with van der Waals surface area (Å²) >= 11 is 0. The van der Waals surface area contributed by atoms with Crippen molar-refractivity contribution in [1.29, 1.82) is 0 Å². The fourth-order valence-corrected chi connectivity index (χ4v) is 2.84. The van der Waals surface area contributed by atoms with Gasteiger partial charge in [-0.05, 0) is 19.9 Å². The molecular formula is C15H17NO2. The first-order valence-corrected chi connectivity index (χ1v) is 6.24. The number of benzene rings is 1. The molecule has 0 fully saturated rings. The third-order valence-corrected chi connectivity index (χ3v) is 4.17. The van der Waals surface area contributed by atoms with Crippen molar-refractivity contribution in [2.24, 2.45) is 7.05 Å². The summed E-state index contributed by atoms with van der Waals surface area (Å²) in [6.45, 7) is 6.05. The maximum Gasteiger partial charge on any atom is 0.341 e. The molecule has 2 aromatic rings. The number of hydrogen-bond acceptors (Lipinski definition) is 2. The molecule has 94 valence electrons. The number of fused-ring (bicyclic) bond motifs is 3. The van der Waals surface area contributed by atoms with Gasteiger partial charge in [0.1, 0.15) is 5.60 Å². The van der Waals surface area contributed by atoms with E-state index in [2.05, 4.69) is 11.5 Å². The Labute approximate surface area is 106 Å². The predicted molar refractivity (Wildman–Crippen MR) is 70.8 cm³/mol. The van der Waals surface area contributed by atoms with E-state index in [0.29, 0.717) is 0 Å². The zero-order valence-electron chi connectivity index (χ0n) is 11.2. The van der Waals surface area contributed by atoms with Gasteiger partial charge in [-0.25, -0.2) is 4.79 Å². The monoisotopic (exact) mass is 243 g/mol. The highest BCUT2D eigenvalue weighted by Gasteiger charge is 2.42. The van der Waals surface area contributed by atoms with Crippen LogP contribution in [0.5, 0.6) is 0 Å². The van der Waals surface area contributed by atoms with Crippen molar-refractivity contribution >= 4 is 16.9 Å². The average molecular weight is 243 g/mol. The van der Waals surface area contributed by atoms with Gasteiger partial charge >= 0.3 is 5.97 Å². The van der Waals surface area contributed by atoms with Crippen LogP contribution in [-0.4, -0.2) is 16.1 Å². The van der Waals surface area contributed by atoms with Crippen molar-refractivity contribution in [3.05, 3.63) is 35.5 Å². The summed E-state index contributed by atoms with van der Waals surface area (Å²) in [6, 6.07) is 7.98. The van der Waals surface area contributed by atoms with Gasteiger partial charge in [0.2, 0.25) is 0 Å². The lowest BCUT2D eigenvalue weighted by molar-refractivity contribution is -0.0189. The van der Waals surface area contributed by atoms with Crippen molar-refractivity contribution < 1.29 is 9.53 Å². The molecule has 18 heavy (non-hydrogen) atoms. The number of cyclic esters (lactones) is 1. The average Bonchev–Trinajstić information content (AvgIpc) is 2.61. The first-order chi connectivity index (χ1) is 8.43. The van der Waals surface area contributed by atoms with E-state index in [1.54, 1.807) is 0 Å². The number of nitrogens with zero attached hydrogens (tertiary/aromatic N) is 1. The number of rotatable bonds is 0. The van der Waals surface area contributed by atoms with Crippen LogP contribution in [-0.2, 0) is 11.8 Å². The SMILES string of the molecule is CC1c2c(c3ccccc3n2C)C(=O)OC1(C)C. The van der Waals surface area contributed by atoms with E-state index >= 15 is 0 Å². The fraction of sp³-hybridized carbons (Fsp3) is 0.400. The Morgan fingerprint density at radius 3 is 2.67 bits per heavy atom. The highest BCUT2D eigenvalue weighted by atomic mass is 16.6. The molecule has 0 bridgehead atoms. The molecule has 2 heterocycles. The van der Waals surface area contributed by atoms with Crippen LogP contribution in [0, 0.1) is 0 Å². The standard InChI is InChI=1S/C15H17NO2/c1-9-13-12(14(17)18-15(9,2)3)10-7-5-6-8-11(10)16(13)4/h5-9H,1-4H3. The number of para-hydroxylation sites is 1. The number of ether oxygens (including phenoxy) is 1. The van der Waals surface area contributed by atoms with Gasteiger partial charge in [-0.3, -0.25) is 0 Å². The molecule has 0 saturated heterocycles. The maximum atomic E-state index is 12.2. The van der Waals surface area contributed by atoms with Gasteiger partial charge < -0.3 is 9.30 Å². The molecule has 1 aliphatic rings. The topological polar surface area (TPSA) is 31.2 Å². The third-order valence-electron chi connectivity index (χ3n) is 4.17. The van der Waals surface area contributed by atoms with Gasteiger partial charge in [0.25, 0.3) is 0 Å². The second-order valence-corrected chi connectivity index (χ2v) is 5.55. The number of aryl methyl sites for hydroxylation is 1. The summed E-state index contributed by atoms with van der Waals surface area (Å²) in [7, 11) is 2.02. The first kappa shape index (κ1) is 11.3. The molecule has 0 N–H and O–H groups in total. The molecule has 1 aromatic heterocycles. The van der Waals surface area contributed by atoms with Crippen LogP contribution in [0.25, 0.3) is 10.9 Å². The molecule has 1 aliphatic heterocycles.